The minimum Gasteiger partial charge on any atom is -0.490 e. The van der Waals surface area contributed by atoms with E-state index in [-0.39, 0.29) is 101 Å². The summed E-state index contributed by atoms with van der Waals surface area (Å²) < 4.78 is 268. The van der Waals surface area contributed by atoms with E-state index in [0.717, 1.165) is 86.6 Å². The van der Waals surface area contributed by atoms with Crippen molar-refractivity contribution in [3.8, 4) is 51.7 Å². The van der Waals surface area contributed by atoms with Crippen molar-refractivity contribution < 1.29 is 150 Å². The molecule has 22 nitrogen and oxygen atoms in total. The first-order valence-corrected chi connectivity index (χ1v) is 37.7. The second-order valence-electron chi connectivity index (χ2n) is 27.9. The molecule has 40 heteroatoms. The van der Waals surface area contributed by atoms with E-state index in [1.165, 1.54) is 67.1 Å². The number of ketones is 2. The monoisotopic (exact) mass is 1710 g/mol. The fraction of sp³-hybridized carbons (Fsp3) is 0.468. The Morgan fingerprint density at radius 3 is 1.29 bits per heavy atom. The van der Waals surface area contributed by atoms with Crippen molar-refractivity contribution >= 4 is 46.8 Å². The number of carbonyl (C=O) groups excluding carboxylic acids is 6. The third-order valence-electron chi connectivity index (χ3n) is 18.3. The van der Waals surface area contributed by atoms with E-state index >= 15 is 0 Å². The third-order valence-corrected chi connectivity index (χ3v) is 18.3. The average Bonchev–Trinajstić information content (AvgIpc) is 1.70. The molecule has 4 aliphatic rings. The maximum Gasteiger partial charge on any atom is 0.573 e. The van der Waals surface area contributed by atoms with Gasteiger partial charge in [0.1, 0.15) is 69.7 Å². The number of halogens is 18. The van der Waals surface area contributed by atoms with Crippen LogP contribution in [0.5, 0.6) is 51.7 Å². The van der Waals surface area contributed by atoms with E-state index in [1.807, 2.05) is 6.92 Å². The van der Waals surface area contributed by atoms with Gasteiger partial charge < -0.3 is 79.4 Å². The minimum atomic E-state index is -4.99. The fourth-order valence-corrected chi connectivity index (χ4v) is 13.4. The van der Waals surface area contributed by atoms with E-state index in [4.69, 9.17) is 14.2 Å². The van der Waals surface area contributed by atoms with Crippen LogP contribution in [0.2, 0.25) is 0 Å². The number of alkyl halides is 18. The van der Waals surface area contributed by atoms with Crippen molar-refractivity contribution in [2.24, 2.45) is 5.92 Å². The molecule has 0 aromatic heterocycles. The standard InChI is InChI=1S/C29H33F6N3O5.C26H27F6NO5.C24H25F6N3O5/c30-28(31,32)42-23-7-4-6-19(17-23)36-27(40)37-20-9-10-21(16-20)41-22-11-12-26(43-29(33,34)35)24(18-22)25(39)8-5-15-38-13-2-1-3-14-38;1-2-10-33-24(35)22-15-21(38-26(30,31)32)8-9-23(22)36-19-7-6-17(13-19)12-18(34)11-16-4-3-5-20(14-16)37-25(27,28)29;1-2-10-31-21(34)19-13-17(8-9-20(19)38-24(28,29)30)36-16-7-6-15(11-16)33-22(35)32-14-4-3-5-18(12-14)37-23(25,26)27/h4,6-7,11-12,17-18,20-21H,1-3,5,8-10,13-16H2,(H2,36,37,40);3-5,8-9,14-15,17,19H,2,6-7,10-13H2,1H3,(H,33,35);3-5,8-9,12-13,15-16H,2,6-7,10-11H2,1H3,(H,31,34)(H2,32,33,35). The van der Waals surface area contributed by atoms with E-state index < -0.39 is 115 Å². The number of amides is 6. The molecule has 3 aliphatic carbocycles. The third kappa shape index (κ3) is 34.5. The summed E-state index contributed by atoms with van der Waals surface area (Å²) in [5.74, 6) is -4.75. The molecule has 0 radical (unpaired) electrons. The van der Waals surface area contributed by atoms with E-state index in [2.05, 4.69) is 65.2 Å². The fourth-order valence-electron chi connectivity index (χ4n) is 13.4. The highest BCUT2D eigenvalue weighted by Crippen LogP contribution is 2.39. The van der Waals surface area contributed by atoms with Crippen molar-refractivity contribution in [3.63, 3.8) is 0 Å². The Labute approximate surface area is 669 Å². The van der Waals surface area contributed by atoms with Gasteiger partial charge in [-0.1, -0.05) is 44.5 Å². The van der Waals surface area contributed by atoms with Crippen LogP contribution in [0.4, 0.5) is 100.0 Å². The molecule has 0 spiro atoms. The second kappa shape index (κ2) is 42.6. The topological polar surface area (TPSA) is 261 Å². The number of piperidine rings is 1. The number of anilines is 2. The molecule has 3 saturated carbocycles. The highest BCUT2D eigenvalue weighted by Gasteiger charge is 2.39. The summed E-state index contributed by atoms with van der Waals surface area (Å²) in [4.78, 5) is 77.4. The SMILES string of the molecule is CCCNC(=O)c1cc(OC(F)(F)F)ccc1OC1CCC(CC(=O)Cc2cccc(OC(F)(F)F)c2)C1.CCCNC(=O)c1cc(OC2CCC(NC(=O)Nc3cccc(OC(F)(F)F)c3)C2)ccc1OC(F)(F)F.O=C(Nc1cccc(OC(F)(F)F)c1)NC1CCC(Oc2ccc(OC(F)(F)F)c(C(=O)CCCN3CCCCC3)c2)C1. The summed E-state index contributed by atoms with van der Waals surface area (Å²) in [6.45, 7) is 6.78. The number of carbonyl (C=O) groups is 6. The van der Waals surface area contributed by atoms with Gasteiger partial charge >= 0.3 is 50.2 Å². The Kier molecular flexibility index (Phi) is 33.5. The van der Waals surface area contributed by atoms with Gasteiger partial charge in [-0.15, -0.1) is 79.0 Å². The lowest BCUT2D eigenvalue weighted by Gasteiger charge is -2.26. The van der Waals surface area contributed by atoms with E-state index in [1.54, 1.807) is 13.0 Å². The Morgan fingerprint density at radius 2 is 0.815 bits per heavy atom. The zero-order chi connectivity index (χ0) is 86.9. The van der Waals surface area contributed by atoms with Gasteiger partial charge in [-0.25, -0.2) is 9.59 Å². The minimum absolute atomic E-state index is 0.0488. The maximum atomic E-state index is 13.0. The molecule has 652 valence electrons. The molecule has 10 rings (SSSR count). The first kappa shape index (κ1) is 93.5. The Morgan fingerprint density at radius 1 is 0.412 bits per heavy atom. The molecule has 4 fully saturated rings. The van der Waals surface area contributed by atoms with Crippen molar-refractivity contribution in [3.05, 3.63) is 150 Å². The molecule has 1 aliphatic heterocycles. The molecule has 6 aromatic carbocycles. The van der Waals surface area contributed by atoms with Gasteiger partial charge in [0.2, 0.25) is 0 Å². The summed E-state index contributed by atoms with van der Waals surface area (Å²) >= 11 is 0. The summed E-state index contributed by atoms with van der Waals surface area (Å²) in [6, 6.07) is 23.2. The second-order valence-corrected chi connectivity index (χ2v) is 27.9. The number of benzene rings is 6. The van der Waals surface area contributed by atoms with Gasteiger partial charge in [0, 0.05) is 80.8 Å². The lowest BCUT2D eigenvalue weighted by molar-refractivity contribution is -0.275. The number of hydrogen-bond donors (Lipinski definition) is 6. The van der Waals surface area contributed by atoms with Crippen molar-refractivity contribution in [2.75, 3.05) is 43.4 Å². The molecule has 6 atom stereocenters. The average molecular weight is 1710 g/mol. The van der Waals surface area contributed by atoms with E-state index in [9.17, 15) is 108 Å². The number of nitrogens with zero attached hydrogens (tertiary/aromatic N) is 1. The summed E-state index contributed by atoms with van der Waals surface area (Å²) in [6.07, 6.45) is -20.9. The van der Waals surface area contributed by atoms with Gasteiger partial charge in [-0.05, 0) is 199 Å². The van der Waals surface area contributed by atoms with Crippen molar-refractivity contribution in [1.82, 2.24) is 26.2 Å². The number of hydrogen-bond acceptors (Lipinski definition) is 16. The number of urea groups is 2. The molecule has 6 N–H and O–H groups in total. The highest BCUT2D eigenvalue weighted by molar-refractivity contribution is 5.99. The smallest absolute Gasteiger partial charge is 0.490 e. The first-order chi connectivity index (χ1) is 55.9. The molecule has 6 unspecified atom stereocenters. The van der Waals surface area contributed by atoms with Crippen LogP contribution < -0.4 is 74.5 Å². The maximum absolute atomic E-state index is 13.0. The lowest BCUT2D eigenvalue weighted by atomic mass is 9.97. The van der Waals surface area contributed by atoms with Crippen LogP contribution in [-0.4, -0.2) is 142 Å². The Balaban J connectivity index is 0.000000223. The lowest BCUT2D eigenvalue weighted by Crippen LogP contribution is -2.37. The van der Waals surface area contributed by atoms with Crippen molar-refractivity contribution in [1.29, 1.82) is 0 Å². The van der Waals surface area contributed by atoms with Gasteiger partial charge in [-0.2, -0.15) is 0 Å². The van der Waals surface area contributed by atoms with Crippen LogP contribution in [0.3, 0.4) is 0 Å². The number of rotatable bonds is 31. The van der Waals surface area contributed by atoms with E-state index in [0.29, 0.717) is 95.7 Å². The number of nitrogens with one attached hydrogen (secondary N) is 6. The normalized spacial score (nSPS) is 18.3. The number of Topliss-reactive ketones (excluding diaryl/α,β-unsaturated/α-hetero) is 2. The van der Waals surface area contributed by atoms with Crippen LogP contribution in [0.15, 0.2) is 127 Å². The number of ether oxygens (including phenoxy) is 9. The molecule has 119 heavy (non-hydrogen) atoms. The molecular formula is C79H85F18N7O15. The molecule has 6 amide bonds. The molecular weight excluding hydrogens is 1630 g/mol. The highest BCUT2D eigenvalue weighted by atomic mass is 19.4. The van der Waals surface area contributed by atoms with Crippen LogP contribution in [0.25, 0.3) is 0 Å². The van der Waals surface area contributed by atoms with Gasteiger partial charge in [0.05, 0.1) is 22.8 Å². The quantitative estimate of drug-likeness (QED) is 0.0175. The zero-order valence-electron chi connectivity index (χ0n) is 63.7. The Hall–Kier alpha value is -11.0. The zero-order valence-corrected chi connectivity index (χ0v) is 63.7. The van der Waals surface area contributed by atoms with Gasteiger partial charge in [0.25, 0.3) is 11.8 Å². The van der Waals surface area contributed by atoms with Gasteiger partial charge in [-0.3, -0.25) is 19.2 Å². The molecule has 1 heterocycles. The van der Waals surface area contributed by atoms with Gasteiger partial charge in [0.15, 0.2) is 5.78 Å². The predicted molar refractivity (Wildman–Crippen MR) is 391 cm³/mol. The summed E-state index contributed by atoms with van der Waals surface area (Å²) in [7, 11) is 0. The van der Waals surface area contributed by atoms with Crippen LogP contribution in [0.1, 0.15) is 160 Å². The largest absolute Gasteiger partial charge is 0.573 e. The Bertz CT molecular complexity index is 4350. The van der Waals surface area contributed by atoms with Crippen LogP contribution in [0, 0.1) is 5.92 Å². The van der Waals surface area contributed by atoms with Crippen LogP contribution >= 0.6 is 0 Å². The van der Waals surface area contributed by atoms with Crippen LogP contribution in [-0.2, 0) is 11.2 Å². The number of likely N-dealkylation sites (tertiary alicyclic amines) is 1. The first-order valence-electron chi connectivity index (χ1n) is 37.7. The summed E-state index contributed by atoms with van der Waals surface area (Å²) in [5.41, 5.74) is -0.0640. The summed E-state index contributed by atoms with van der Waals surface area (Å²) in [5, 5.41) is 15.4. The molecule has 0 bridgehead atoms. The molecule has 1 saturated heterocycles. The van der Waals surface area contributed by atoms with Crippen molar-refractivity contribution in [2.45, 2.75) is 198 Å². The predicted octanol–water partition coefficient (Wildman–Crippen LogP) is 19.2. The molecule has 6 aromatic rings.